The molecule has 1 aromatic rings. The van der Waals surface area contributed by atoms with Gasteiger partial charge in [-0.1, -0.05) is 6.92 Å². The Kier molecular flexibility index (Phi) is 2.89. The van der Waals surface area contributed by atoms with Gasteiger partial charge in [-0.15, -0.1) is 0 Å². The molecule has 2 rings (SSSR count). The molecule has 0 radical (unpaired) electrons. The number of likely N-dealkylation sites (N-methyl/N-ethyl adjacent to an activating group) is 1. The van der Waals surface area contributed by atoms with E-state index in [-0.39, 0.29) is 6.04 Å². The molecular formula is C11H15NO2. The van der Waals surface area contributed by atoms with Crippen LogP contribution in [-0.4, -0.2) is 13.2 Å². The van der Waals surface area contributed by atoms with E-state index >= 15 is 0 Å². The van der Waals surface area contributed by atoms with Gasteiger partial charge in [-0.3, -0.25) is 0 Å². The minimum absolute atomic E-state index is 0.154. The predicted molar refractivity (Wildman–Crippen MR) is 53.8 cm³/mol. The molecule has 0 spiro atoms. The second-order valence-electron chi connectivity index (χ2n) is 3.29. The Labute approximate surface area is 83.7 Å². The number of hydrogen-bond acceptors (Lipinski definition) is 3. The molecule has 0 aromatic carbocycles. The van der Waals surface area contributed by atoms with Crippen molar-refractivity contribution in [3.63, 3.8) is 0 Å². The summed E-state index contributed by atoms with van der Waals surface area (Å²) in [5.74, 6) is 1.02. The second-order valence-corrected chi connectivity index (χ2v) is 3.29. The maximum atomic E-state index is 5.55. The summed E-state index contributed by atoms with van der Waals surface area (Å²) < 4.78 is 10.6. The smallest absolute Gasteiger partial charge is 0.114 e. The standard InChI is InChI=1S/C11H15NO2/c1-2-12-11(9-5-7-13-8-9)10-4-3-6-14-10/h4-5,7-8,11-12H,2-3,6H2,1H3. The first kappa shape index (κ1) is 9.34. The summed E-state index contributed by atoms with van der Waals surface area (Å²) >= 11 is 0. The minimum Gasteiger partial charge on any atom is -0.496 e. The third kappa shape index (κ3) is 1.82. The second kappa shape index (κ2) is 4.33. The van der Waals surface area contributed by atoms with Gasteiger partial charge in [0.15, 0.2) is 0 Å². The zero-order chi connectivity index (χ0) is 9.80. The van der Waals surface area contributed by atoms with Crippen LogP contribution in [0.3, 0.4) is 0 Å². The van der Waals surface area contributed by atoms with E-state index in [4.69, 9.17) is 9.15 Å². The van der Waals surface area contributed by atoms with E-state index < -0.39 is 0 Å². The highest BCUT2D eigenvalue weighted by Gasteiger charge is 2.20. The molecule has 0 aliphatic carbocycles. The molecule has 2 heterocycles. The highest BCUT2D eigenvalue weighted by atomic mass is 16.5. The summed E-state index contributed by atoms with van der Waals surface area (Å²) in [5, 5.41) is 3.37. The van der Waals surface area contributed by atoms with Crippen LogP contribution in [0.15, 0.2) is 34.8 Å². The van der Waals surface area contributed by atoms with Gasteiger partial charge in [0.05, 0.1) is 25.2 Å². The first-order valence-electron chi connectivity index (χ1n) is 5.00. The first-order chi connectivity index (χ1) is 6.92. The van der Waals surface area contributed by atoms with Crippen LogP contribution in [-0.2, 0) is 4.74 Å². The summed E-state index contributed by atoms with van der Waals surface area (Å²) in [4.78, 5) is 0. The molecule has 0 saturated heterocycles. The Hall–Kier alpha value is -1.22. The van der Waals surface area contributed by atoms with Gasteiger partial charge in [0.25, 0.3) is 0 Å². The average Bonchev–Trinajstić information content (AvgIpc) is 2.87. The number of nitrogens with one attached hydrogen (secondary N) is 1. The molecular weight excluding hydrogens is 178 g/mol. The van der Waals surface area contributed by atoms with Gasteiger partial charge in [-0.2, -0.15) is 0 Å². The molecule has 1 unspecified atom stereocenters. The molecule has 1 aliphatic rings. The lowest BCUT2D eigenvalue weighted by molar-refractivity contribution is 0.216. The molecule has 14 heavy (non-hydrogen) atoms. The van der Waals surface area contributed by atoms with Crippen LogP contribution in [0.2, 0.25) is 0 Å². The summed E-state index contributed by atoms with van der Waals surface area (Å²) in [6, 6.07) is 2.12. The first-order valence-corrected chi connectivity index (χ1v) is 5.00. The van der Waals surface area contributed by atoms with Crippen molar-refractivity contribution in [3.8, 4) is 0 Å². The fourth-order valence-corrected chi connectivity index (χ4v) is 1.66. The van der Waals surface area contributed by atoms with Gasteiger partial charge >= 0.3 is 0 Å². The van der Waals surface area contributed by atoms with E-state index in [1.54, 1.807) is 12.5 Å². The number of rotatable bonds is 4. The average molecular weight is 193 g/mol. The highest BCUT2D eigenvalue weighted by Crippen LogP contribution is 2.26. The summed E-state index contributed by atoms with van der Waals surface area (Å²) in [6.45, 7) is 3.80. The topological polar surface area (TPSA) is 34.4 Å². The van der Waals surface area contributed by atoms with Crippen molar-refractivity contribution in [2.45, 2.75) is 19.4 Å². The lowest BCUT2D eigenvalue weighted by Crippen LogP contribution is -2.22. The lowest BCUT2D eigenvalue weighted by Gasteiger charge is -2.17. The van der Waals surface area contributed by atoms with Crippen LogP contribution in [0, 0.1) is 0 Å². The molecule has 1 aliphatic heterocycles. The van der Waals surface area contributed by atoms with Crippen LogP contribution in [0.1, 0.15) is 24.9 Å². The zero-order valence-corrected chi connectivity index (χ0v) is 8.32. The van der Waals surface area contributed by atoms with Crippen molar-refractivity contribution in [1.82, 2.24) is 5.32 Å². The molecule has 1 N–H and O–H groups in total. The van der Waals surface area contributed by atoms with Crippen molar-refractivity contribution in [1.29, 1.82) is 0 Å². The Bertz CT molecular complexity index is 303. The Morgan fingerprint density at radius 1 is 1.57 bits per heavy atom. The van der Waals surface area contributed by atoms with Gasteiger partial charge in [0.2, 0.25) is 0 Å². The molecule has 0 saturated carbocycles. The van der Waals surface area contributed by atoms with Crippen LogP contribution in [0.4, 0.5) is 0 Å². The molecule has 0 fully saturated rings. The molecule has 1 aromatic heterocycles. The van der Waals surface area contributed by atoms with Crippen LogP contribution in [0.25, 0.3) is 0 Å². The van der Waals surface area contributed by atoms with Gasteiger partial charge in [0.1, 0.15) is 5.76 Å². The molecule has 1 atom stereocenters. The summed E-state index contributed by atoms with van der Waals surface area (Å²) in [7, 11) is 0. The van der Waals surface area contributed by atoms with E-state index in [9.17, 15) is 0 Å². The van der Waals surface area contributed by atoms with Gasteiger partial charge in [-0.05, 0) is 18.7 Å². The molecule has 76 valence electrons. The van der Waals surface area contributed by atoms with Gasteiger partial charge in [-0.25, -0.2) is 0 Å². The monoisotopic (exact) mass is 193 g/mol. The highest BCUT2D eigenvalue weighted by molar-refractivity contribution is 5.22. The normalized spacial score (nSPS) is 17.6. The van der Waals surface area contributed by atoms with Gasteiger partial charge < -0.3 is 14.5 Å². The SMILES string of the molecule is CCNC(C1=CCCO1)c1ccoc1. The number of hydrogen-bond donors (Lipinski definition) is 1. The van der Waals surface area contributed by atoms with Crippen molar-refractivity contribution >= 4 is 0 Å². The Morgan fingerprint density at radius 2 is 2.50 bits per heavy atom. The van der Waals surface area contributed by atoms with Crippen LogP contribution in [0.5, 0.6) is 0 Å². The maximum Gasteiger partial charge on any atom is 0.114 e. The maximum absolute atomic E-state index is 5.55. The van der Waals surface area contributed by atoms with Crippen molar-refractivity contribution < 1.29 is 9.15 Å². The van der Waals surface area contributed by atoms with E-state index in [1.165, 1.54) is 0 Å². The van der Waals surface area contributed by atoms with E-state index in [0.29, 0.717) is 0 Å². The van der Waals surface area contributed by atoms with Crippen LogP contribution >= 0.6 is 0 Å². The Balaban J connectivity index is 2.15. The molecule has 3 nitrogen and oxygen atoms in total. The summed E-state index contributed by atoms with van der Waals surface area (Å²) in [5.41, 5.74) is 1.13. The van der Waals surface area contributed by atoms with Crippen molar-refractivity contribution in [3.05, 3.63) is 36.0 Å². The molecule has 3 heteroatoms. The fourth-order valence-electron chi connectivity index (χ4n) is 1.66. The third-order valence-electron chi connectivity index (χ3n) is 2.30. The van der Waals surface area contributed by atoms with Crippen molar-refractivity contribution in [2.75, 3.05) is 13.2 Å². The third-order valence-corrected chi connectivity index (χ3v) is 2.30. The van der Waals surface area contributed by atoms with E-state index in [2.05, 4.69) is 18.3 Å². The predicted octanol–water partition coefficient (Wildman–Crippen LogP) is 2.23. The fraction of sp³-hybridized carbons (Fsp3) is 0.455. The van der Waals surface area contributed by atoms with E-state index in [1.807, 2.05) is 6.07 Å². The lowest BCUT2D eigenvalue weighted by atomic mass is 10.1. The number of furan rings is 1. The zero-order valence-electron chi connectivity index (χ0n) is 8.32. The van der Waals surface area contributed by atoms with E-state index in [0.717, 1.165) is 30.9 Å². The van der Waals surface area contributed by atoms with Crippen LogP contribution < -0.4 is 5.32 Å². The number of ether oxygens (including phenoxy) is 1. The minimum atomic E-state index is 0.154. The summed E-state index contributed by atoms with van der Waals surface area (Å²) in [6.07, 6.45) is 6.60. The van der Waals surface area contributed by atoms with Crippen molar-refractivity contribution in [2.24, 2.45) is 0 Å². The molecule has 0 amide bonds. The quantitative estimate of drug-likeness (QED) is 0.796. The Morgan fingerprint density at radius 3 is 3.07 bits per heavy atom. The largest absolute Gasteiger partial charge is 0.496 e. The molecule has 0 bridgehead atoms. The van der Waals surface area contributed by atoms with Gasteiger partial charge in [0, 0.05) is 12.0 Å².